The van der Waals surface area contributed by atoms with E-state index in [0.29, 0.717) is 0 Å². The van der Waals surface area contributed by atoms with E-state index in [-0.39, 0.29) is 0 Å². The van der Waals surface area contributed by atoms with Gasteiger partial charge in [0.15, 0.2) is 0 Å². The molecule has 0 saturated carbocycles. The Bertz CT molecular complexity index is 166. The van der Waals surface area contributed by atoms with Gasteiger partial charge >= 0.3 is 0 Å². The van der Waals surface area contributed by atoms with Crippen LogP contribution in [0.3, 0.4) is 0 Å². The summed E-state index contributed by atoms with van der Waals surface area (Å²) in [5.74, 6) is 0. The lowest BCUT2D eigenvalue weighted by atomic mass is 9.97. The Balaban J connectivity index is 4.64. The van der Waals surface area contributed by atoms with E-state index >= 15 is 0 Å². The van der Waals surface area contributed by atoms with E-state index in [1.807, 2.05) is 0 Å². The van der Waals surface area contributed by atoms with Crippen molar-refractivity contribution in [2.24, 2.45) is 0 Å². The Morgan fingerprint density at radius 2 is 1.64 bits per heavy atom. The molecule has 11 heavy (non-hydrogen) atoms. The molecule has 0 heterocycles. The van der Waals surface area contributed by atoms with Crippen LogP contribution < -0.4 is 0 Å². The van der Waals surface area contributed by atoms with E-state index in [1.165, 1.54) is 16.7 Å². The molecule has 0 heteroatoms. The molecule has 0 aromatic heterocycles. The first kappa shape index (κ1) is 10.5. The van der Waals surface area contributed by atoms with Crippen LogP contribution in [-0.4, -0.2) is 0 Å². The highest BCUT2D eigenvalue weighted by Gasteiger charge is 2.00. The summed E-state index contributed by atoms with van der Waals surface area (Å²) >= 11 is 0. The van der Waals surface area contributed by atoms with Crippen molar-refractivity contribution in [3.63, 3.8) is 0 Å². The van der Waals surface area contributed by atoms with Crippen molar-refractivity contribution in [3.05, 3.63) is 22.8 Å². The van der Waals surface area contributed by atoms with Crippen molar-refractivity contribution in [3.8, 4) is 0 Å². The fourth-order valence-corrected chi connectivity index (χ4v) is 1.49. The van der Waals surface area contributed by atoms with Gasteiger partial charge in [-0.25, -0.2) is 0 Å². The van der Waals surface area contributed by atoms with Crippen molar-refractivity contribution in [1.29, 1.82) is 0 Å². The monoisotopic (exact) mass is 152 g/mol. The highest BCUT2D eigenvalue weighted by Crippen LogP contribution is 2.20. The molecule has 0 radical (unpaired) electrons. The number of hydrogen-bond acceptors (Lipinski definition) is 0. The van der Waals surface area contributed by atoms with E-state index in [4.69, 9.17) is 0 Å². The minimum Gasteiger partial charge on any atom is -0.0842 e. The van der Waals surface area contributed by atoms with Crippen molar-refractivity contribution in [2.45, 2.75) is 47.5 Å². The van der Waals surface area contributed by atoms with Crippen molar-refractivity contribution >= 4 is 0 Å². The van der Waals surface area contributed by atoms with E-state index in [1.54, 1.807) is 0 Å². The average molecular weight is 152 g/mol. The van der Waals surface area contributed by atoms with E-state index in [9.17, 15) is 0 Å². The van der Waals surface area contributed by atoms with Crippen LogP contribution in [-0.2, 0) is 0 Å². The van der Waals surface area contributed by atoms with E-state index in [2.05, 4.69) is 40.7 Å². The zero-order valence-corrected chi connectivity index (χ0v) is 8.49. The first-order valence-electron chi connectivity index (χ1n) is 4.49. The summed E-state index contributed by atoms with van der Waals surface area (Å²) in [6.07, 6.45) is 4.55. The highest BCUT2D eigenvalue weighted by molar-refractivity contribution is 5.32. The average Bonchev–Trinajstić information content (AvgIpc) is 1.99. The topological polar surface area (TPSA) is 0 Å². The molecule has 0 amide bonds. The van der Waals surface area contributed by atoms with Crippen LogP contribution >= 0.6 is 0 Å². The minimum atomic E-state index is 1.16. The predicted molar refractivity (Wildman–Crippen MR) is 52.7 cm³/mol. The molecule has 0 bridgehead atoms. The zero-order chi connectivity index (χ0) is 8.85. The van der Waals surface area contributed by atoms with Gasteiger partial charge in [0.25, 0.3) is 0 Å². The molecular weight excluding hydrogens is 132 g/mol. The van der Waals surface area contributed by atoms with Crippen LogP contribution in [0.15, 0.2) is 22.8 Å². The second-order valence-electron chi connectivity index (χ2n) is 3.00. The van der Waals surface area contributed by atoms with Crippen LogP contribution in [0.25, 0.3) is 0 Å². The van der Waals surface area contributed by atoms with Gasteiger partial charge in [0.2, 0.25) is 0 Å². The smallest absolute Gasteiger partial charge is 0.0305 e. The van der Waals surface area contributed by atoms with Gasteiger partial charge in [0.05, 0.1) is 0 Å². The Kier molecular flexibility index (Phi) is 4.93. The fourth-order valence-electron chi connectivity index (χ4n) is 1.49. The molecule has 0 spiro atoms. The molecule has 0 aromatic rings. The quantitative estimate of drug-likeness (QED) is 0.534. The third-order valence-electron chi connectivity index (χ3n) is 2.07. The molecule has 0 nitrogen and oxygen atoms in total. The molecule has 0 aliphatic heterocycles. The zero-order valence-electron chi connectivity index (χ0n) is 8.49. The second-order valence-corrected chi connectivity index (χ2v) is 3.00. The van der Waals surface area contributed by atoms with Crippen molar-refractivity contribution < 1.29 is 0 Å². The van der Waals surface area contributed by atoms with Gasteiger partial charge in [0, 0.05) is 0 Å². The minimum absolute atomic E-state index is 1.16. The van der Waals surface area contributed by atoms with Crippen LogP contribution in [0.5, 0.6) is 0 Å². The molecule has 0 aromatic carbocycles. The molecule has 0 fully saturated rings. The number of hydrogen-bond donors (Lipinski definition) is 0. The number of rotatable bonds is 3. The Morgan fingerprint density at radius 1 is 1.09 bits per heavy atom. The summed E-state index contributed by atoms with van der Waals surface area (Å²) < 4.78 is 0. The van der Waals surface area contributed by atoms with E-state index in [0.717, 1.165) is 12.8 Å². The molecule has 0 aliphatic carbocycles. The summed E-state index contributed by atoms with van der Waals surface area (Å²) in [4.78, 5) is 0. The Morgan fingerprint density at radius 3 is 1.73 bits per heavy atom. The van der Waals surface area contributed by atoms with Gasteiger partial charge < -0.3 is 0 Å². The highest BCUT2D eigenvalue weighted by atomic mass is 14.1. The molecular formula is C11H20. The molecule has 0 aliphatic rings. The fraction of sp³-hybridized carbons (Fsp3) is 0.636. The standard InChI is InChI=1S/C11H20/c1-6-10(7-2)11(8-3)9(4)5/h6H,7-8H2,1-5H3. The molecule has 0 unspecified atom stereocenters. The van der Waals surface area contributed by atoms with Gasteiger partial charge in [-0.2, -0.15) is 0 Å². The summed E-state index contributed by atoms with van der Waals surface area (Å²) in [5.41, 5.74) is 4.50. The third-order valence-corrected chi connectivity index (χ3v) is 2.07. The Labute approximate surface area is 71.0 Å². The predicted octanol–water partition coefficient (Wildman–Crippen LogP) is 4.09. The van der Waals surface area contributed by atoms with Gasteiger partial charge in [-0.3, -0.25) is 0 Å². The van der Waals surface area contributed by atoms with Gasteiger partial charge in [0.1, 0.15) is 0 Å². The largest absolute Gasteiger partial charge is 0.0842 e. The van der Waals surface area contributed by atoms with Crippen molar-refractivity contribution in [2.75, 3.05) is 0 Å². The second kappa shape index (κ2) is 5.17. The van der Waals surface area contributed by atoms with Crippen LogP contribution in [0, 0.1) is 0 Å². The third kappa shape index (κ3) is 2.92. The first-order chi connectivity index (χ1) is 5.17. The lowest BCUT2D eigenvalue weighted by molar-refractivity contribution is 0.992. The van der Waals surface area contributed by atoms with E-state index < -0.39 is 0 Å². The lowest BCUT2D eigenvalue weighted by Gasteiger charge is -2.09. The Hall–Kier alpha value is -0.520. The summed E-state index contributed by atoms with van der Waals surface area (Å²) in [5, 5.41) is 0. The maximum absolute atomic E-state index is 2.23. The summed E-state index contributed by atoms with van der Waals surface area (Å²) in [6.45, 7) is 10.9. The first-order valence-corrected chi connectivity index (χ1v) is 4.49. The van der Waals surface area contributed by atoms with Crippen LogP contribution in [0.4, 0.5) is 0 Å². The molecule has 0 atom stereocenters. The maximum Gasteiger partial charge on any atom is -0.0305 e. The van der Waals surface area contributed by atoms with Crippen LogP contribution in [0.1, 0.15) is 47.5 Å². The molecule has 64 valence electrons. The van der Waals surface area contributed by atoms with Gasteiger partial charge in [-0.15, -0.1) is 0 Å². The van der Waals surface area contributed by atoms with Crippen LogP contribution in [0.2, 0.25) is 0 Å². The van der Waals surface area contributed by atoms with Gasteiger partial charge in [-0.1, -0.05) is 25.5 Å². The molecule has 0 saturated heterocycles. The molecule has 0 N–H and O–H groups in total. The number of allylic oxidation sites excluding steroid dienone is 4. The van der Waals surface area contributed by atoms with Gasteiger partial charge in [-0.05, 0) is 44.8 Å². The van der Waals surface area contributed by atoms with Crippen molar-refractivity contribution in [1.82, 2.24) is 0 Å². The summed E-state index contributed by atoms with van der Waals surface area (Å²) in [6, 6.07) is 0. The SMILES string of the molecule is CC=C(CC)C(CC)=C(C)C. The molecule has 0 rings (SSSR count). The maximum atomic E-state index is 2.23. The summed E-state index contributed by atoms with van der Waals surface area (Å²) in [7, 11) is 0. The normalized spacial score (nSPS) is 11.5. The lowest BCUT2D eigenvalue weighted by Crippen LogP contribution is -1.89.